The second-order valence-corrected chi connectivity index (χ2v) is 4.22. The Morgan fingerprint density at radius 3 is 2.88 bits per heavy atom. The van der Waals surface area contributed by atoms with Gasteiger partial charge in [-0.1, -0.05) is 15.9 Å². The quantitative estimate of drug-likeness (QED) is 0.846. The van der Waals surface area contributed by atoms with E-state index in [9.17, 15) is 9.18 Å². The van der Waals surface area contributed by atoms with Gasteiger partial charge in [-0.2, -0.15) is 0 Å². The number of hydrogen-bond acceptors (Lipinski definition) is 2. The molecule has 16 heavy (non-hydrogen) atoms. The predicted molar refractivity (Wildman–Crippen MR) is 61.7 cm³/mol. The van der Waals surface area contributed by atoms with E-state index >= 15 is 0 Å². The van der Waals surface area contributed by atoms with Gasteiger partial charge in [0.1, 0.15) is 5.82 Å². The first kappa shape index (κ1) is 11.0. The molecule has 0 N–H and O–H groups in total. The van der Waals surface area contributed by atoms with Crippen molar-refractivity contribution in [1.29, 1.82) is 0 Å². The van der Waals surface area contributed by atoms with Crippen molar-refractivity contribution in [2.24, 2.45) is 0 Å². The van der Waals surface area contributed by atoms with Gasteiger partial charge in [0.25, 0.3) is 0 Å². The number of benzene rings is 1. The summed E-state index contributed by atoms with van der Waals surface area (Å²) in [7, 11) is 0. The second-order valence-electron chi connectivity index (χ2n) is 3.31. The van der Waals surface area contributed by atoms with E-state index in [4.69, 9.17) is 0 Å². The predicted octanol–water partition coefficient (Wildman–Crippen LogP) is 2.19. The van der Waals surface area contributed by atoms with Gasteiger partial charge < -0.3 is 0 Å². The minimum atomic E-state index is -0.345. The Balaban J connectivity index is 2.34. The summed E-state index contributed by atoms with van der Waals surface area (Å²) in [4.78, 5) is 15.0. The van der Waals surface area contributed by atoms with E-state index in [0.29, 0.717) is 16.6 Å². The van der Waals surface area contributed by atoms with Crippen molar-refractivity contribution in [2.45, 2.75) is 6.54 Å². The van der Waals surface area contributed by atoms with Crippen molar-refractivity contribution in [3.63, 3.8) is 0 Å². The van der Waals surface area contributed by atoms with Gasteiger partial charge in [-0.15, -0.1) is 0 Å². The first-order valence-electron chi connectivity index (χ1n) is 4.61. The van der Waals surface area contributed by atoms with Crippen LogP contribution in [0.1, 0.15) is 5.56 Å². The van der Waals surface area contributed by atoms with E-state index in [1.807, 2.05) is 0 Å². The molecule has 0 radical (unpaired) electrons. The number of nitrogens with zero attached hydrogens (tertiary/aromatic N) is 2. The average molecular weight is 283 g/mol. The van der Waals surface area contributed by atoms with Gasteiger partial charge >= 0.3 is 5.69 Å². The summed E-state index contributed by atoms with van der Waals surface area (Å²) in [5, 5.41) is 0. The van der Waals surface area contributed by atoms with Crippen molar-refractivity contribution < 1.29 is 4.39 Å². The molecular weight excluding hydrogens is 275 g/mol. The van der Waals surface area contributed by atoms with Gasteiger partial charge in [0.2, 0.25) is 0 Å². The van der Waals surface area contributed by atoms with Crippen LogP contribution in [0.4, 0.5) is 4.39 Å². The standard InChI is InChI=1S/C11H8BrFN2O/c12-9-4-8(5-10(13)6-9)7-15-3-1-2-14-11(15)16/h1-6H,7H2. The fourth-order valence-electron chi connectivity index (χ4n) is 1.41. The normalized spacial score (nSPS) is 10.4. The summed E-state index contributed by atoms with van der Waals surface area (Å²) in [6.45, 7) is 0.309. The maximum absolute atomic E-state index is 13.1. The Hall–Kier alpha value is -1.49. The van der Waals surface area contributed by atoms with Gasteiger partial charge in [-0.05, 0) is 29.8 Å². The molecule has 0 amide bonds. The minimum Gasteiger partial charge on any atom is -0.295 e. The third-order valence-electron chi connectivity index (χ3n) is 2.06. The summed E-state index contributed by atoms with van der Waals surface area (Å²) in [5.41, 5.74) is 0.366. The molecule has 0 aliphatic heterocycles. The van der Waals surface area contributed by atoms with Crippen molar-refractivity contribution in [3.8, 4) is 0 Å². The molecule has 1 aromatic carbocycles. The lowest BCUT2D eigenvalue weighted by molar-refractivity contribution is 0.621. The molecule has 0 unspecified atom stereocenters. The molecule has 0 aliphatic rings. The molecule has 1 aromatic heterocycles. The van der Waals surface area contributed by atoms with Crippen molar-refractivity contribution in [1.82, 2.24) is 9.55 Å². The maximum Gasteiger partial charge on any atom is 0.347 e. The Morgan fingerprint density at radius 2 is 2.19 bits per heavy atom. The molecule has 1 heterocycles. The lowest BCUT2D eigenvalue weighted by Gasteiger charge is -2.05. The fraction of sp³-hybridized carbons (Fsp3) is 0.0909. The van der Waals surface area contributed by atoms with Crippen LogP contribution in [0.25, 0.3) is 0 Å². The first-order valence-corrected chi connectivity index (χ1v) is 5.41. The summed E-state index contributed by atoms with van der Waals surface area (Å²) in [6.07, 6.45) is 3.05. The molecule has 0 saturated heterocycles. The molecular formula is C11H8BrFN2O. The Kier molecular flexibility index (Phi) is 3.14. The SMILES string of the molecule is O=c1ncccn1Cc1cc(F)cc(Br)c1. The van der Waals surface area contributed by atoms with E-state index in [1.54, 1.807) is 18.3 Å². The molecule has 0 aliphatic carbocycles. The maximum atomic E-state index is 13.1. The summed E-state index contributed by atoms with van der Waals surface area (Å²) in [6, 6.07) is 6.19. The highest BCUT2D eigenvalue weighted by atomic mass is 79.9. The molecule has 2 aromatic rings. The number of hydrogen-bond donors (Lipinski definition) is 0. The van der Waals surface area contributed by atoms with Crippen LogP contribution in [0.5, 0.6) is 0 Å². The Bertz CT molecular complexity index is 548. The smallest absolute Gasteiger partial charge is 0.295 e. The van der Waals surface area contributed by atoms with E-state index in [0.717, 1.165) is 0 Å². The molecule has 0 spiro atoms. The van der Waals surface area contributed by atoms with Crippen molar-refractivity contribution in [3.05, 3.63) is 63.0 Å². The van der Waals surface area contributed by atoms with Crippen LogP contribution in [-0.2, 0) is 6.54 Å². The van der Waals surface area contributed by atoms with Crippen molar-refractivity contribution >= 4 is 15.9 Å². The lowest BCUT2D eigenvalue weighted by Crippen LogP contribution is -2.21. The second kappa shape index (κ2) is 4.57. The van der Waals surface area contributed by atoms with Crippen LogP contribution in [0.15, 0.2) is 45.9 Å². The molecule has 0 fully saturated rings. The zero-order valence-electron chi connectivity index (χ0n) is 8.23. The number of rotatable bonds is 2. The topological polar surface area (TPSA) is 34.9 Å². The monoisotopic (exact) mass is 282 g/mol. The molecule has 0 saturated carbocycles. The number of aromatic nitrogens is 2. The third kappa shape index (κ3) is 2.55. The zero-order valence-corrected chi connectivity index (χ0v) is 9.82. The molecule has 0 bridgehead atoms. The van der Waals surface area contributed by atoms with E-state index < -0.39 is 0 Å². The van der Waals surface area contributed by atoms with Crippen LogP contribution in [0.3, 0.4) is 0 Å². The first-order chi connectivity index (χ1) is 7.65. The minimum absolute atomic E-state index is 0.309. The van der Waals surface area contributed by atoms with E-state index in [2.05, 4.69) is 20.9 Å². The molecule has 5 heteroatoms. The van der Waals surface area contributed by atoms with Crippen LogP contribution >= 0.6 is 15.9 Å². The highest BCUT2D eigenvalue weighted by Gasteiger charge is 2.01. The Labute approximate surface area is 99.7 Å². The lowest BCUT2D eigenvalue weighted by atomic mass is 10.2. The van der Waals surface area contributed by atoms with E-state index in [1.165, 1.54) is 22.9 Å². The van der Waals surface area contributed by atoms with Gasteiger partial charge in [-0.3, -0.25) is 4.57 Å². The Morgan fingerprint density at radius 1 is 1.38 bits per heavy atom. The molecule has 3 nitrogen and oxygen atoms in total. The fourth-order valence-corrected chi connectivity index (χ4v) is 1.92. The van der Waals surface area contributed by atoms with E-state index in [-0.39, 0.29) is 11.5 Å². The molecule has 2 rings (SSSR count). The summed E-state index contributed by atoms with van der Waals surface area (Å²) in [5.74, 6) is -0.332. The van der Waals surface area contributed by atoms with Gasteiger partial charge in [0.05, 0.1) is 6.54 Å². The third-order valence-corrected chi connectivity index (χ3v) is 2.52. The van der Waals surface area contributed by atoms with Gasteiger partial charge in [-0.25, -0.2) is 14.2 Å². The van der Waals surface area contributed by atoms with Crippen LogP contribution in [0.2, 0.25) is 0 Å². The molecule has 0 atom stereocenters. The zero-order chi connectivity index (χ0) is 11.5. The van der Waals surface area contributed by atoms with Crippen LogP contribution < -0.4 is 5.69 Å². The highest BCUT2D eigenvalue weighted by molar-refractivity contribution is 9.10. The largest absolute Gasteiger partial charge is 0.347 e. The van der Waals surface area contributed by atoms with Crippen molar-refractivity contribution in [2.75, 3.05) is 0 Å². The average Bonchev–Trinajstić information content (AvgIpc) is 2.20. The highest BCUT2D eigenvalue weighted by Crippen LogP contribution is 2.15. The van der Waals surface area contributed by atoms with Crippen LogP contribution in [-0.4, -0.2) is 9.55 Å². The van der Waals surface area contributed by atoms with Crippen LogP contribution in [0, 0.1) is 5.82 Å². The summed E-state index contributed by atoms with van der Waals surface area (Å²) < 4.78 is 15.2. The van der Waals surface area contributed by atoms with Gasteiger partial charge in [0, 0.05) is 16.9 Å². The summed E-state index contributed by atoms with van der Waals surface area (Å²) >= 11 is 3.20. The van der Waals surface area contributed by atoms with Gasteiger partial charge in [0.15, 0.2) is 0 Å². The number of halogens is 2. The molecule has 82 valence electrons.